The Bertz CT molecular complexity index is 1030. The third kappa shape index (κ3) is 3.01. The second-order valence-corrected chi connectivity index (χ2v) is 5.65. The molecule has 4 aromatic rings. The number of rotatable bonds is 5. The van der Waals surface area contributed by atoms with Crippen LogP contribution in [-0.2, 0) is 24.9 Å². The molecule has 25 heavy (non-hydrogen) atoms. The number of nitrogens with zero attached hydrogens (tertiary/aromatic N) is 5. The fraction of sp³-hybridized carbons (Fsp3) is 0.176. The number of nitrogens with one attached hydrogen (secondary N) is 1. The van der Waals surface area contributed by atoms with E-state index in [-0.39, 0.29) is 19.0 Å². The Morgan fingerprint density at radius 1 is 1.24 bits per heavy atom. The lowest BCUT2D eigenvalue weighted by molar-refractivity contribution is -0.121. The normalized spacial score (nSPS) is 11.1. The van der Waals surface area contributed by atoms with Gasteiger partial charge in [0.25, 0.3) is 0 Å². The molecule has 1 N–H and O–H groups in total. The van der Waals surface area contributed by atoms with Gasteiger partial charge in [0.1, 0.15) is 6.54 Å². The van der Waals surface area contributed by atoms with Crippen LogP contribution >= 0.6 is 0 Å². The highest BCUT2D eigenvalue weighted by molar-refractivity contribution is 5.80. The van der Waals surface area contributed by atoms with E-state index in [4.69, 9.17) is 4.52 Å². The van der Waals surface area contributed by atoms with E-state index in [2.05, 4.69) is 20.4 Å². The van der Waals surface area contributed by atoms with Gasteiger partial charge >= 0.3 is 0 Å². The topological polar surface area (TPSA) is 90.8 Å². The highest BCUT2D eigenvalue weighted by Gasteiger charge is 2.12. The molecule has 0 fully saturated rings. The Hall–Kier alpha value is -3.42. The fourth-order valence-electron chi connectivity index (χ4n) is 2.65. The predicted molar refractivity (Wildman–Crippen MR) is 90.3 cm³/mol. The molecular weight excluding hydrogens is 320 g/mol. The van der Waals surface area contributed by atoms with E-state index in [1.165, 1.54) is 0 Å². The Labute approximate surface area is 143 Å². The first-order valence-electron chi connectivity index (χ1n) is 7.81. The number of aromatic nitrogens is 5. The largest absolute Gasteiger partial charge is 0.348 e. The molecule has 0 spiro atoms. The van der Waals surface area contributed by atoms with E-state index in [9.17, 15) is 4.79 Å². The summed E-state index contributed by atoms with van der Waals surface area (Å²) in [5.41, 5.74) is 2.63. The molecule has 3 aromatic heterocycles. The van der Waals surface area contributed by atoms with E-state index in [0.29, 0.717) is 11.7 Å². The van der Waals surface area contributed by atoms with Gasteiger partial charge in [-0.25, -0.2) is 4.98 Å². The minimum absolute atomic E-state index is 0.151. The average molecular weight is 336 g/mol. The van der Waals surface area contributed by atoms with Gasteiger partial charge in [0.15, 0.2) is 0 Å². The van der Waals surface area contributed by atoms with Crippen LogP contribution in [0.1, 0.15) is 5.89 Å². The minimum Gasteiger partial charge on any atom is -0.348 e. The van der Waals surface area contributed by atoms with E-state index < -0.39 is 0 Å². The molecule has 0 saturated carbocycles. The third-order valence-electron chi connectivity index (χ3n) is 3.92. The first kappa shape index (κ1) is 15.1. The summed E-state index contributed by atoms with van der Waals surface area (Å²) in [7, 11) is 1.91. The van der Waals surface area contributed by atoms with Crippen molar-refractivity contribution in [2.75, 3.05) is 0 Å². The molecular formula is C17H16N6O2. The highest BCUT2D eigenvalue weighted by atomic mass is 16.5. The number of para-hydroxylation sites is 2. The molecule has 0 unspecified atom stereocenters. The van der Waals surface area contributed by atoms with Gasteiger partial charge in [-0.1, -0.05) is 17.3 Å². The third-order valence-corrected chi connectivity index (χ3v) is 3.92. The first-order valence-corrected chi connectivity index (χ1v) is 7.81. The number of aryl methyl sites for hydroxylation is 1. The van der Waals surface area contributed by atoms with Gasteiger partial charge in [-0.3, -0.25) is 4.79 Å². The SMILES string of the molecule is Cn1cccc1-c1noc(CNC(=O)Cn2cnc3ccccc32)n1. The van der Waals surface area contributed by atoms with Gasteiger partial charge in [-0.2, -0.15) is 4.98 Å². The lowest BCUT2D eigenvalue weighted by atomic mass is 10.3. The summed E-state index contributed by atoms with van der Waals surface area (Å²) in [6.45, 7) is 0.363. The van der Waals surface area contributed by atoms with Crippen molar-refractivity contribution in [1.82, 2.24) is 29.6 Å². The summed E-state index contributed by atoms with van der Waals surface area (Å²) in [4.78, 5) is 20.7. The second-order valence-electron chi connectivity index (χ2n) is 5.65. The van der Waals surface area contributed by atoms with Gasteiger partial charge in [0, 0.05) is 13.2 Å². The van der Waals surface area contributed by atoms with E-state index in [0.717, 1.165) is 16.7 Å². The van der Waals surface area contributed by atoms with Crippen LogP contribution in [-0.4, -0.2) is 30.2 Å². The van der Waals surface area contributed by atoms with Crippen molar-refractivity contribution in [3.8, 4) is 11.5 Å². The molecule has 8 heteroatoms. The second kappa shape index (κ2) is 6.23. The van der Waals surface area contributed by atoms with Crippen molar-refractivity contribution < 1.29 is 9.32 Å². The van der Waals surface area contributed by atoms with Crippen LogP contribution in [0.25, 0.3) is 22.6 Å². The summed E-state index contributed by atoms with van der Waals surface area (Å²) in [6.07, 6.45) is 3.56. The molecule has 1 aromatic carbocycles. The molecule has 0 aliphatic carbocycles. The molecule has 0 aliphatic rings. The lowest BCUT2D eigenvalue weighted by Gasteiger charge is -2.04. The number of imidazole rings is 1. The summed E-state index contributed by atoms with van der Waals surface area (Å²) in [6, 6.07) is 11.5. The Morgan fingerprint density at radius 3 is 2.96 bits per heavy atom. The predicted octanol–water partition coefficient (Wildman–Crippen LogP) is 1.74. The number of carbonyl (C=O) groups is 1. The number of carbonyl (C=O) groups excluding carboxylic acids is 1. The van der Waals surface area contributed by atoms with Crippen LogP contribution < -0.4 is 5.32 Å². The molecule has 3 heterocycles. The van der Waals surface area contributed by atoms with Crippen LogP contribution in [0.4, 0.5) is 0 Å². The zero-order valence-corrected chi connectivity index (χ0v) is 13.6. The number of benzene rings is 1. The van der Waals surface area contributed by atoms with Crippen LogP contribution in [0, 0.1) is 0 Å². The molecule has 126 valence electrons. The summed E-state index contributed by atoms with van der Waals surface area (Å²) in [5, 5.41) is 6.73. The molecule has 0 atom stereocenters. The maximum atomic E-state index is 12.2. The Balaban J connectivity index is 1.39. The molecule has 0 bridgehead atoms. The molecule has 4 rings (SSSR count). The summed E-state index contributed by atoms with van der Waals surface area (Å²) < 4.78 is 8.89. The number of amides is 1. The average Bonchev–Trinajstić information content (AvgIpc) is 3.33. The van der Waals surface area contributed by atoms with Crippen molar-refractivity contribution in [2.24, 2.45) is 7.05 Å². The first-order chi connectivity index (χ1) is 12.2. The van der Waals surface area contributed by atoms with Crippen molar-refractivity contribution in [1.29, 1.82) is 0 Å². The van der Waals surface area contributed by atoms with Gasteiger partial charge in [-0.15, -0.1) is 0 Å². The number of fused-ring (bicyclic) bond motifs is 1. The molecule has 0 radical (unpaired) electrons. The van der Waals surface area contributed by atoms with E-state index >= 15 is 0 Å². The standard InChI is InChI=1S/C17H16N6O2/c1-22-8-4-7-14(22)17-20-16(25-21-17)9-18-15(24)10-23-11-19-12-5-2-3-6-13(12)23/h2-8,11H,9-10H2,1H3,(H,18,24). The van der Waals surface area contributed by atoms with Gasteiger partial charge in [-0.05, 0) is 24.3 Å². The van der Waals surface area contributed by atoms with Crippen molar-refractivity contribution >= 4 is 16.9 Å². The van der Waals surface area contributed by atoms with E-state index in [1.54, 1.807) is 10.9 Å². The Kier molecular flexibility index (Phi) is 3.77. The van der Waals surface area contributed by atoms with Crippen LogP contribution in [0.5, 0.6) is 0 Å². The van der Waals surface area contributed by atoms with Crippen molar-refractivity contribution in [2.45, 2.75) is 13.1 Å². The fourth-order valence-corrected chi connectivity index (χ4v) is 2.65. The maximum Gasteiger partial charge on any atom is 0.246 e. The summed E-state index contributed by atoms with van der Waals surface area (Å²) >= 11 is 0. The molecule has 8 nitrogen and oxygen atoms in total. The van der Waals surface area contributed by atoms with Crippen molar-refractivity contribution in [3.05, 3.63) is 54.8 Å². The number of hydrogen-bond acceptors (Lipinski definition) is 5. The molecule has 1 amide bonds. The van der Waals surface area contributed by atoms with Gasteiger partial charge in [0.2, 0.25) is 17.6 Å². The zero-order chi connectivity index (χ0) is 17.2. The summed E-state index contributed by atoms with van der Waals surface area (Å²) in [5.74, 6) is 0.708. The van der Waals surface area contributed by atoms with Crippen molar-refractivity contribution in [3.63, 3.8) is 0 Å². The zero-order valence-electron chi connectivity index (χ0n) is 13.6. The minimum atomic E-state index is -0.151. The monoisotopic (exact) mass is 336 g/mol. The molecule has 0 saturated heterocycles. The van der Waals surface area contributed by atoms with Gasteiger partial charge < -0.3 is 19.0 Å². The number of hydrogen-bond donors (Lipinski definition) is 1. The van der Waals surface area contributed by atoms with Gasteiger partial charge in [0.05, 0.1) is 29.6 Å². The molecule has 0 aliphatic heterocycles. The lowest BCUT2D eigenvalue weighted by Crippen LogP contribution is -2.27. The van der Waals surface area contributed by atoms with E-state index in [1.807, 2.05) is 54.2 Å². The van der Waals surface area contributed by atoms with Crippen LogP contribution in [0.15, 0.2) is 53.4 Å². The highest BCUT2D eigenvalue weighted by Crippen LogP contribution is 2.15. The van der Waals surface area contributed by atoms with Crippen LogP contribution in [0.2, 0.25) is 0 Å². The van der Waals surface area contributed by atoms with Crippen LogP contribution in [0.3, 0.4) is 0 Å². The maximum absolute atomic E-state index is 12.2. The smallest absolute Gasteiger partial charge is 0.246 e. The Morgan fingerprint density at radius 2 is 2.12 bits per heavy atom. The quantitative estimate of drug-likeness (QED) is 0.599.